The Hall–Kier alpha value is -1.39. The molecule has 0 radical (unpaired) electrons. The van der Waals surface area contributed by atoms with E-state index in [0.717, 1.165) is 31.4 Å². The molecular weight excluding hydrogens is 240 g/mol. The molecule has 2 fully saturated rings. The minimum absolute atomic E-state index is 0.0221. The van der Waals surface area contributed by atoms with Crippen LogP contribution in [0.3, 0.4) is 0 Å². The summed E-state index contributed by atoms with van der Waals surface area (Å²) < 4.78 is 0. The molecule has 4 nitrogen and oxygen atoms in total. The molecular formula is C15H20N2O2. The van der Waals surface area contributed by atoms with E-state index in [2.05, 4.69) is 10.6 Å². The van der Waals surface area contributed by atoms with Crippen LogP contribution in [0.5, 0.6) is 0 Å². The molecule has 3 N–H and O–H groups in total. The van der Waals surface area contributed by atoms with Crippen molar-refractivity contribution in [1.29, 1.82) is 0 Å². The number of aliphatic hydroxyl groups excluding tert-OH is 1. The number of piperidine rings is 2. The van der Waals surface area contributed by atoms with Crippen molar-refractivity contribution in [1.82, 2.24) is 10.6 Å². The number of aliphatic hydroxyl groups is 1. The molecule has 0 saturated carbocycles. The number of carbonyl (C=O) groups is 1. The van der Waals surface area contributed by atoms with Crippen LogP contribution in [-0.4, -0.2) is 30.2 Å². The Morgan fingerprint density at radius 2 is 2.11 bits per heavy atom. The average Bonchev–Trinajstić information content (AvgIpc) is 2.48. The number of benzene rings is 1. The number of nitrogens with one attached hydrogen (secondary N) is 2. The van der Waals surface area contributed by atoms with E-state index in [0.29, 0.717) is 5.92 Å². The van der Waals surface area contributed by atoms with Gasteiger partial charge in [0.25, 0.3) is 0 Å². The maximum Gasteiger partial charge on any atom is 0.238 e. The largest absolute Gasteiger partial charge is 0.394 e. The first kappa shape index (κ1) is 12.6. The van der Waals surface area contributed by atoms with E-state index in [-0.39, 0.29) is 18.6 Å². The predicted octanol–water partition coefficient (Wildman–Crippen LogP) is 0.762. The first-order valence-corrected chi connectivity index (χ1v) is 6.97. The Bertz CT molecular complexity index is 462. The first-order valence-electron chi connectivity index (χ1n) is 6.97. The molecule has 3 rings (SSSR count). The van der Waals surface area contributed by atoms with E-state index in [4.69, 9.17) is 0 Å². The molecule has 0 spiro atoms. The van der Waals surface area contributed by atoms with E-state index >= 15 is 0 Å². The van der Waals surface area contributed by atoms with Crippen LogP contribution in [0.25, 0.3) is 0 Å². The summed E-state index contributed by atoms with van der Waals surface area (Å²) in [5.74, 6) is 0.337. The number of hydrogen-bond acceptors (Lipinski definition) is 3. The number of rotatable bonds is 2. The van der Waals surface area contributed by atoms with Gasteiger partial charge in [-0.3, -0.25) is 4.79 Å². The van der Waals surface area contributed by atoms with Crippen molar-refractivity contribution >= 4 is 5.91 Å². The Balaban J connectivity index is 1.92. The highest BCUT2D eigenvalue weighted by atomic mass is 16.3. The highest BCUT2D eigenvalue weighted by Crippen LogP contribution is 2.37. The molecule has 3 atom stereocenters. The van der Waals surface area contributed by atoms with Gasteiger partial charge in [0.15, 0.2) is 0 Å². The zero-order chi connectivity index (χ0) is 13.3. The van der Waals surface area contributed by atoms with Gasteiger partial charge in [-0.25, -0.2) is 0 Å². The summed E-state index contributed by atoms with van der Waals surface area (Å²) in [6, 6.07) is 9.72. The molecule has 0 aliphatic carbocycles. The van der Waals surface area contributed by atoms with E-state index in [9.17, 15) is 9.90 Å². The van der Waals surface area contributed by atoms with Gasteiger partial charge in [-0.05, 0) is 37.3 Å². The number of amides is 1. The molecule has 1 aromatic rings. The summed E-state index contributed by atoms with van der Waals surface area (Å²) in [7, 11) is 0. The molecule has 1 aromatic carbocycles. The van der Waals surface area contributed by atoms with Gasteiger partial charge < -0.3 is 15.7 Å². The van der Waals surface area contributed by atoms with Crippen LogP contribution in [0.4, 0.5) is 0 Å². The Kier molecular flexibility index (Phi) is 3.29. The van der Waals surface area contributed by atoms with Crippen LogP contribution in [-0.2, 0) is 10.3 Å². The van der Waals surface area contributed by atoms with E-state index in [1.807, 2.05) is 30.3 Å². The molecule has 1 amide bonds. The zero-order valence-electron chi connectivity index (χ0n) is 10.9. The number of hydrogen-bond donors (Lipinski definition) is 3. The Labute approximate surface area is 113 Å². The monoisotopic (exact) mass is 260 g/mol. The van der Waals surface area contributed by atoms with Gasteiger partial charge in [-0.2, -0.15) is 0 Å². The van der Waals surface area contributed by atoms with Crippen LogP contribution >= 0.6 is 0 Å². The second kappa shape index (κ2) is 4.94. The zero-order valence-corrected chi connectivity index (χ0v) is 10.9. The second-order valence-corrected chi connectivity index (χ2v) is 5.63. The van der Waals surface area contributed by atoms with Crippen molar-refractivity contribution in [3.05, 3.63) is 35.9 Å². The summed E-state index contributed by atoms with van der Waals surface area (Å²) in [5, 5.41) is 16.2. The molecule has 4 heteroatoms. The second-order valence-electron chi connectivity index (χ2n) is 5.63. The molecule has 0 aromatic heterocycles. The average molecular weight is 260 g/mol. The molecule has 102 valence electrons. The highest BCUT2D eigenvalue weighted by Gasteiger charge is 2.46. The third kappa shape index (κ3) is 2.15. The van der Waals surface area contributed by atoms with Gasteiger partial charge in [-0.1, -0.05) is 30.3 Å². The van der Waals surface area contributed by atoms with E-state index in [1.165, 1.54) is 0 Å². The summed E-state index contributed by atoms with van der Waals surface area (Å²) >= 11 is 0. The van der Waals surface area contributed by atoms with Crippen LogP contribution in [0.15, 0.2) is 30.3 Å². The fourth-order valence-electron chi connectivity index (χ4n) is 3.44. The third-order valence-corrected chi connectivity index (χ3v) is 4.44. The Morgan fingerprint density at radius 3 is 2.84 bits per heavy atom. The number of carbonyl (C=O) groups excluding carboxylic acids is 1. The Morgan fingerprint density at radius 1 is 1.32 bits per heavy atom. The van der Waals surface area contributed by atoms with Crippen molar-refractivity contribution in [2.45, 2.75) is 30.8 Å². The fraction of sp³-hybridized carbons (Fsp3) is 0.533. The summed E-state index contributed by atoms with van der Waals surface area (Å²) in [6.07, 6.45) is 2.96. The maximum atomic E-state index is 12.3. The van der Waals surface area contributed by atoms with Gasteiger partial charge in [0.2, 0.25) is 5.91 Å². The van der Waals surface area contributed by atoms with Gasteiger partial charge in [0, 0.05) is 0 Å². The van der Waals surface area contributed by atoms with Crippen LogP contribution in [0.2, 0.25) is 0 Å². The third-order valence-electron chi connectivity index (χ3n) is 4.44. The molecule has 2 heterocycles. The smallest absolute Gasteiger partial charge is 0.238 e. The van der Waals surface area contributed by atoms with Crippen molar-refractivity contribution in [2.24, 2.45) is 5.92 Å². The summed E-state index contributed by atoms with van der Waals surface area (Å²) in [6.45, 7) is 0.859. The first-order chi connectivity index (χ1) is 9.25. The van der Waals surface area contributed by atoms with E-state index < -0.39 is 5.54 Å². The summed E-state index contributed by atoms with van der Waals surface area (Å²) in [4.78, 5) is 12.3. The minimum Gasteiger partial charge on any atom is -0.394 e. The molecule has 2 aliphatic rings. The van der Waals surface area contributed by atoms with Crippen molar-refractivity contribution in [3.63, 3.8) is 0 Å². The number of fused-ring (bicyclic) bond motifs is 1. The van der Waals surface area contributed by atoms with Crippen molar-refractivity contribution < 1.29 is 9.90 Å². The van der Waals surface area contributed by atoms with Gasteiger partial charge in [-0.15, -0.1) is 0 Å². The summed E-state index contributed by atoms with van der Waals surface area (Å²) in [5.41, 5.74) is 0.383. The van der Waals surface area contributed by atoms with Gasteiger partial charge in [0.05, 0.1) is 18.2 Å². The fourth-order valence-corrected chi connectivity index (χ4v) is 3.44. The lowest BCUT2D eigenvalue weighted by Gasteiger charge is -2.46. The molecule has 2 saturated heterocycles. The minimum atomic E-state index is -0.613. The SMILES string of the molecule is O=C1N[C@@](CO)(c2ccccc2)C[C@@H]2CCCN[C@H]12. The maximum absolute atomic E-state index is 12.3. The molecule has 2 aliphatic heterocycles. The van der Waals surface area contributed by atoms with Gasteiger partial charge in [0.1, 0.15) is 0 Å². The normalized spacial score (nSPS) is 34.5. The van der Waals surface area contributed by atoms with Crippen molar-refractivity contribution in [3.8, 4) is 0 Å². The molecule has 0 bridgehead atoms. The quantitative estimate of drug-likeness (QED) is 0.736. The molecule has 19 heavy (non-hydrogen) atoms. The lowest BCUT2D eigenvalue weighted by atomic mass is 9.73. The van der Waals surface area contributed by atoms with Crippen molar-refractivity contribution in [2.75, 3.05) is 13.2 Å². The van der Waals surface area contributed by atoms with Crippen LogP contribution in [0.1, 0.15) is 24.8 Å². The van der Waals surface area contributed by atoms with E-state index in [1.54, 1.807) is 0 Å². The standard InChI is InChI=1S/C15H20N2O2/c18-10-15(12-6-2-1-3-7-12)9-11-5-4-8-16-13(11)14(19)17-15/h1-3,6-7,11,13,16,18H,4-5,8-10H2,(H,17,19)/t11-,13-,15-/m0/s1. The topological polar surface area (TPSA) is 61.4 Å². The lowest BCUT2D eigenvalue weighted by Crippen LogP contribution is -2.64. The highest BCUT2D eigenvalue weighted by molar-refractivity contribution is 5.84. The molecule has 0 unspecified atom stereocenters. The lowest BCUT2D eigenvalue weighted by molar-refractivity contribution is -0.132. The van der Waals surface area contributed by atoms with Crippen LogP contribution in [0, 0.1) is 5.92 Å². The van der Waals surface area contributed by atoms with Gasteiger partial charge >= 0.3 is 0 Å². The predicted molar refractivity (Wildman–Crippen MR) is 72.5 cm³/mol. The van der Waals surface area contributed by atoms with Crippen LogP contribution < -0.4 is 10.6 Å².